The third-order valence-electron chi connectivity index (χ3n) is 2.03. The van der Waals surface area contributed by atoms with Gasteiger partial charge in [-0.3, -0.25) is 0 Å². The zero-order chi connectivity index (χ0) is 14.3. The Morgan fingerprint density at radius 2 is 2.11 bits per heavy atom. The van der Waals surface area contributed by atoms with E-state index in [4.69, 9.17) is 14.6 Å². The number of methoxy groups -OCH3 is 1. The first kappa shape index (κ1) is 16.1. The van der Waals surface area contributed by atoms with Gasteiger partial charge >= 0.3 is 5.97 Å². The maximum Gasteiger partial charge on any atom is 0.345 e. The fraction of sp³-hybridized carbons (Fsp3) is 0.500. The van der Waals surface area contributed by atoms with E-state index < -0.39 is 16.0 Å². The summed E-state index contributed by atoms with van der Waals surface area (Å²) in [5, 5.41) is 8.72. The lowest BCUT2D eigenvalue weighted by Gasteiger charge is -2.05. The number of rotatable bonds is 9. The monoisotopic (exact) mass is 309 g/mol. The summed E-state index contributed by atoms with van der Waals surface area (Å²) in [7, 11) is -2.13. The van der Waals surface area contributed by atoms with Gasteiger partial charge in [-0.2, -0.15) is 0 Å². The summed E-state index contributed by atoms with van der Waals surface area (Å²) < 4.78 is 35.7. The van der Waals surface area contributed by atoms with E-state index in [1.807, 2.05) is 0 Å². The van der Waals surface area contributed by atoms with E-state index in [1.165, 1.54) is 12.1 Å². The van der Waals surface area contributed by atoms with Crippen LogP contribution in [0.5, 0.6) is 0 Å². The molecule has 1 aromatic heterocycles. The van der Waals surface area contributed by atoms with Crippen molar-refractivity contribution in [2.45, 2.75) is 4.21 Å². The van der Waals surface area contributed by atoms with Gasteiger partial charge in [-0.25, -0.2) is 17.9 Å². The fourth-order valence-corrected chi connectivity index (χ4v) is 3.35. The number of ether oxygens (including phenoxy) is 2. The van der Waals surface area contributed by atoms with E-state index in [9.17, 15) is 13.2 Å². The molecule has 108 valence electrons. The first-order valence-corrected chi connectivity index (χ1v) is 7.67. The van der Waals surface area contributed by atoms with Crippen LogP contribution in [0, 0.1) is 0 Å². The summed E-state index contributed by atoms with van der Waals surface area (Å²) in [5.41, 5.74) is 0. The molecule has 0 radical (unpaired) electrons. The molecule has 0 saturated heterocycles. The second kappa shape index (κ2) is 7.56. The second-order valence-electron chi connectivity index (χ2n) is 3.43. The molecule has 0 aliphatic rings. The van der Waals surface area contributed by atoms with Gasteiger partial charge in [0.25, 0.3) is 0 Å². The Morgan fingerprint density at radius 3 is 2.68 bits per heavy atom. The number of hydrogen-bond acceptors (Lipinski definition) is 6. The van der Waals surface area contributed by atoms with E-state index in [-0.39, 0.29) is 22.2 Å². The molecule has 0 amide bonds. The number of aromatic carboxylic acids is 1. The zero-order valence-corrected chi connectivity index (χ0v) is 11.9. The van der Waals surface area contributed by atoms with Crippen LogP contribution in [0.4, 0.5) is 0 Å². The van der Waals surface area contributed by atoms with E-state index in [0.29, 0.717) is 24.6 Å². The van der Waals surface area contributed by atoms with Gasteiger partial charge < -0.3 is 14.6 Å². The summed E-state index contributed by atoms with van der Waals surface area (Å²) in [6.45, 7) is 1.17. The van der Waals surface area contributed by atoms with Crippen LogP contribution in [-0.4, -0.2) is 53.0 Å². The molecule has 0 spiro atoms. The van der Waals surface area contributed by atoms with Gasteiger partial charge in [-0.05, 0) is 12.1 Å². The van der Waals surface area contributed by atoms with Crippen LogP contribution < -0.4 is 4.72 Å². The number of carbonyl (C=O) groups is 1. The number of carboxylic acid groups (broad SMARTS) is 1. The molecule has 1 aromatic rings. The molecule has 1 rings (SSSR count). The van der Waals surface area contributed by atoms with Crippen molar-refractivity contribution in [3.05, 3.63) is 17.0 Å². The van der Waals surface area contributed by atoms with Gasteiger partial charge in [-0.15, -0.1) is 11.3 Å². The van der Waals surface area contributed by atoms with Gasteiger partial charge in [0, 0.05) is 13.7 Å². The van der Waals surface area contributed by atoms with Crippen molar-refractivity contribution in [3.8, 4) is 0 Å². The van der Waals surface area contributed by atoms with Crippen LogP contribution in [-0.2, 0) is 19.5 Å². The molecule has 7 nitrogen and oxygen atoms in total. The van der Waals surface area contributed by atoms with Gasteiger partial charge in [0.05, 0.1) is 19.8 Å². The minimum atomic E-state index is -3.67. The molecule has 0 aromatic carbocycles. The minimum Gasteiger partial charge on any atom is -0.477 e. The lowest BCUT2D eigenvalue weighted by molar-refractivity contribution is 0.0702. The first-order chi connectivity index (χ1) is 8.97. The van der Waals surface area contributed by atoms with Gasteiger partial charge in [-0.1, -0.05) is 0 Å². The third kappa shape index (κ3) is 5.25. The van der Waals surface area contributed by atoms with Crippen molar-refractivity contribution in [2.24, 2.45) is 0 Å². The molecule has 0 aliphatic carbocycles. The van der Waals surface area contributed by atoms with Gasteiger partial charge in [0.1, 0.15) is 9.09 Å². The molecular formula is C10H15NO6S2. The standard InChI is InChI=1S/C10H15NO6S2/c1-16-6-7-17-5-4-11-19(14,15)9-3-2-8(18-9)10(12)13/h2-3,11H,4-7H2,1H3,(H,12,13). The quantitative estimate of drug-likeness (QED) is 0.640. The summed E-state index contributed by atoms with van der Waals surface area (Å²) in [6, 6.07) is 2.53. The van der Waals surface area contributed by atoms with Crippen LogP contribution in [0.2, 0.25) is 0 Å². The average Bonchev–Trinajstić information content (AvgIpc) is 2.84. The van der Waals surface area contributed by atoms with E-state index >= 15 is 0 Å². The van der Waals surface area contributed by atoms with Gasteiger partial charge in [0.15, 0.2) is 0 Å². The van der Waals surface area contributed by atoms with E-state index in [2.05, 4.69) is 4.72 Å². The normalized spacial score (nSPS) is 11.6. The van der Waals surface area contributed by atoms with Crippen LogP contribution in [0.15, 0.2) is 16.3 Å². The molecule has 1 heterocycles. The summed E-state index contributed by atoms with van der Waals surface area (Å²) in [5.74, 6) is -1.14. The van der Waals surface area contributed by atoms with Crippen LogP contribution in [0.25, 0.3) is 0 Å². The third-order valence-corrected chi connectivity index (χ3v) is 5.05. The number of nitrogens with one attached hydrogen (secondary N) is 1. The molecule has 0 bridgehead atoms. The molecule has 0 aliphatic heterocycles. The second-order valence-corrected chi connectivity index (χ2v) is 6.50. The Bertz CT molecular complexity index is 510. The highest BCUT2D eigenvalue weighted by atomic mass is 32.2. The SMILES string of the molecule is COCCOCCNS(=O)(=O)c1ccc(C(=O)O)s1. The Hall–Kier alpha value is -1.00. The first-order valence-electron chi connectivity index (χ1n) is 5.37. The Balaban J connectivity index is 2.44. The highest BCUT2D eigenvalue weighted by molar-refractivity contribution is 7.91. The predicted molar refractivity (Wildman–Crippen MR) is 69.2 cm³/mol. The molecule has 9 heteroatoms. The highest BCUT2D eigenvalue weighted by Gasteiger charge is 2.18. The van der Waals surface area contributed by atoms with E-state index in [1.54, 1.807) is 7.11 Å². The van der Waals surface area contributed by atoms with Crippen LogP contribution in [0.3, 0.4) is 0 Å². The smallest absolute Gasteiger partial charge is 0.345 e. The molecule has 0 fully saturated rings. The van der Waals surface area contributed by atoms with Crippen molar-refractivity contribution in [1.82, 2.24) is 4.72 Å². The number of hydrogen-bond donors (Lipinski definition) is 2. The molecule has 0 atom stereocenters. The average molecular weight is 309 g/mol. The minimum absolute atomic E-state index is 0.0169. The molecule has 19 heavy (non-hydrogen) atoms. The predicted octanol–water partition coefficient (Wildman–Crippen LogP) is 0.388. The molecule has 0 saturated carbocycles. The molecular weight excluding hydrogens is 294 g/mol. The maximum absolute atomic E-state index is 11.8. The van der Waals surface area contributed by atoms with Crippen LogP contribution in [0.1, 0.15) is 9.67 Å². The molecule has 2 N–H and O–H groups in total. The number of sulfonamides is 1. The van der Waals surface area contributed by atoms with Crippen molar-refractivity contribution in [2.75, 3.05) is 33.5 Å². The van der Waals surface area contributed by atoms with Crippen molar-refractivity contribution in [1.29, 1.82) is 0 Å². The molecule has 0 unspecified atom stereocenters. The fourth-order valence-electron chi connectivity index (χ4n) is 1.14. The highest BCUT2D eigenvalue weighted by Crippen LogP contribution is 2.21. The van der Waals surface area contributed by atoms with E-state index in [0.717, 1.165) is 0 Å². The number of thiophene rings is 1. The van der Waals surface area contributed by atoms with Crippen LogP contribution >= 0.6 is 11.3 Å². The largest absolute Gasteiger partial charge is 0.477 e. The lowest BCUT2D eigenvalue weighted by atomic mass is 10.5. The van der Waals surface area contributed by atoms with Crippen molar-refractivity contribution in [3.63, 3.8) is 0 Å². The Morgan fingerprint density at radius 1 is 1.37 bits per heavy atom. The summed E-state index contributed by atoms with van der Waals surface area (Å²) in [4.78, 5) is 10.6. The zero-order valence-electron chi connectivity index (χ0n) is 10.3. The topological polar surface area (TPSA) is 102 Å². The maximum atomic E-state index is 11.8. The van der Waals surface area contributed by atoms with Crippen molar-refractivity contribution < 1.29 is 27.8 Å². The summed E-state index contributed by atoms with van der Waals surface area (Å²) >= 11 is 0.709. The number of carboxylic acids is 1. The lowest BCUT2D eigenvalue weighted by Crippen LogP contribution is -2.27. The van der Waals surface area contributed by atoms with Gasteiger partial charge in [0.2, 0.25) is 10.0 Å². The Labute approximate surface area is 115 Å². The Kier molecular flexibility index (Phi) is 6.38. The van der Waals surface area contributed by atoms with Crippen molar-refractivity contribution >= 4 is 27.3 Å². The summed E-state index contributed by atoms with van der Waals surface area (Å²) in [6.07, 6.45) is 0.